The summed E-state index contributed by atoms with van der Waals surface area (Å²) in [6.07, 6.45) is -0.930. The van der Waals surface area contributed by atoms with Crippen molar-refractivity contribution in [2.24, 2.45) is 0 Å². The molecule has 0 spiro atoms. The van der Waals surface area contributed by atoms with E-state index in [2.05, 4.69) is 15.4 Å². The van der Waals surface area contributed by atoms with Gasteiger partial charge in [0, 0.05) is 18.4 Å². The van der Waals surface area contributed by atoms with Gasteiger partial charge < -0.3 is 5.32 Å². The van der Waals surface area contributed by atoms with Crippen LogP contribution in [0.2, 0.25) is 0 Å². The Morgan fingerprint density at radius 3 is 2.62 bits per heavy atom. The Bertz CT molecular complexity index is 580. The van der Waals surface area contributed by atoms with Crippen molar-refractivity contribution in [3.8, 4) is 5.82 Å². The first-order valence-electron chi connectivity index (χ1n) is 6.70. The third-order valence-electron chi connectivity index (χ3n) is 2.96. The number of aryl methyl sites for hydroxylation is 1. The van der Waals surface area contributed by atoms with Crippen molar-refractivity contribution in [2.75, 3.05) is 7.05 Å². The van der Waals surface area contributed by atoms with Gasteiger partial charge in [-0.2, -0.15) is 18.3 Å². The molecule has 0 saturated carbocycles. The van der Waals surface area contributed by atoms with Crippen LogP contribution in [0.15, 0.2) is 24.5 Å². The number of hydrogen-bond acceptors (Lipinski definition) is 3. The molecule has 0 aliphatic heterocycles. The van der Waals surface area contributed by atoms with Gasteiger partial charge in [-0.1, -0.05) is 13.3 Å². The highest BCUT2D eigenvalue weighted by Crippen LogP contribution is 2.29. The molecule has 1 N–H and O–H groups in total. The Balaban J connectivity index is 2.39. The van der Waals surface area contributed by atoms with E-state index in [4.69, 9.17) is 0 Å². The molecule has 0 fully saturated rings. The molecule has 2 aromatic heterocycles. The van der Waals surface area contributed by atoms with Crippen LogP contribution >= 0.6 is 0 Å². The largest absolute Gasteiger partial charge is 0.419 e. The first-order valence-corrected chi connectivity index (χ1v) is 6.70. The summed E-state index contributed by atoms with van der Waals surface area (Å²) in [6, 6.07) is 3.69. The van der Waals surface area contributed by atoms with Crippen molar-refractivity contribution < 1.29 is 13.2 Å². The molecule has 2 aromatic rings. The Labute approximate surface area is 121 Å². The van der Waals surface area contributed by atoms with E-state index in [0.29, 0.717) is 12.4 Å². The molecular formula is C14H17F3N4. The standard InChI is InChI=1S/C14H17F3N4/c1-3-4-12-5-10(7-18-2)6-13(20-12)21-9-11(8-19-21)14(15,16)17/h5-6,8-9,18H,3-4,7H2,1-2H3. The first-order chi connectivity index (χ1) is 9.94. The van der Waals surface area contributed by atoms with E-state index < -0.39 is 11.7 Å². The molecule has 0 saturated heterocycles. The number of aromatic nitrogens is 3. The van der Waals surface area contributed by atoms with Gasteiger partial charge in [-0.15, -0.1) is 0 Å². The van der Waals surface area contributed by atoms with Crippen molar-refractivity contribution in [2.45, 2.75) is 32.5 Å². The maximum Gasteiger partial charge on any atom is 0.419 e. The third-order valence-corrected chi connectivity index (χ3v) is 2.96. The minimum Gasteiger partial charge on any atom is -0.316 e. The molecule has 0 aliphatic rings. The van der Waals surface area contributed by atoms with E-state index in [1.54, 1.807) is 6.07 Å². The summed E-state index contributed by atoms with van der Waals surface area (Å²) < 4.78 is 39.1. The molecule has 2 rings (SSSR count). The summed E-state index contributed by atoms with van der Waals surface area (Å²) in [5.41, 5.74) is 1.04. The second-order valence-corrected chi connectivity index (χ2v) is 4.78. The quantitative estimate of drug-likeness (QED) is 0.923. The molecule has 4 nitrogen and oxygen atoms in total. The van der Waals surface area contributed by atoms with Crippen molar-refractivity contribution >= 4 is 0 Å². The molecule has 21 heavy (non-hydrogen) atoms. The van der Waals surface area contributed by atoms with E-state index in [9.17, 15) is 13.2 Å². The van der Waals surface area contributed by atoms with Crippen molar-refractivity contribution in [1.29, 1.82) is 0 Å². The minimum absolute atomic E-state index is 0.404. The molecule has 2 heterocycles. The first kappa shape index (κ1) is 15.5. The lowest BCUT2D eigenvalue weighted by molar-refractivity contribution is -0.137. The van der Waals surface area contributed by atoms with Crippen LogP contribution in [0.3, 0.4) is 0 Å². The Morgan fingerprint density at radius 1 is 1.29 bits per heavy atom. The van der Waals surface area contributed by atoms with E-state index >= 15 is 0 Å². The zero-order valence-corrected chi connectivity index (χ0v) is 11.9. The average molecular weight is 298 g/mol. The predicted molar refractivity (Wildman–Crippen MR) is 73.1 cm³/mol. The number of halogens is 3. The second kappa shape index (κ2) is 6.26. The van der Waals surface area contributed by atoms with Crippen molar-refractivity contribution in [3.63, 3.8) is 0 Å². The predicted octanol–water partition coefficient (Wildman–Crippen LogP) is 2.96. The van der Waals surface area contributed by atoms with E-state index in [1.807, 2.05) is 20.0 Å². The SMILES string of the molecule is CCCc1cc(CNC)cc(-n2cc(C(F)(F)F)cn2)n1. The molecule has 0 aliphatic carbocycles. The van der Waals surface area contributed by atoms with E-state index in [0.717, 1.165) is 36.5 Å². The van der Waals surface area contributed by atoms with Gasteiger partial charge in [-0.25, -0.2) is 9.67 Å². The van der Waals surface area contributed by atoms with Crippen molar-refractivity contribution in [1.82, 2.24) is 20.1 Å². The number of hydrogen-bond donors (Lipinski definition) is 1. The lowest BCUT2D eigenvalue weighted by atomic mass is 10.1. The van der Waals surface area contributed by atoms with Crippen LogP contribution in [0.4, 0.5) is 13.2 Å². The number of rotatable bonds is 5. The van der Waals surface area contributed by atoms with Crippen molar-refractivity contribution in [3.05, 3.63) is 41.3 Å². The number of pyridine rings is 1. The van der Waals surface area contributed by atoms with Gasteiger partial charge in [0.25, 0.3) is 0 Å². The van der Waals surface area contributed by atoms with Gasteiger partial charge >= 0.3 is 6.18 Å². The Morgan fingerprint density at radius 2 is 2.05 bits per heavy atom. The van der Waals surface area contributed by atoms with Crippen LogP contribution in [-0.4, -0.2) is 21.8 Å². The highest BCUT2D eigenvalue weighted by Gasteiger charge is 2.32. The maximum absolute atomic E-state index is 12.6. The third kappa shape index (κ3) is 3.81. The van der Waals surface area contributed by atoms with Crippen LogP contribution in [0, 0.1) is 0 Å². The zero-order chi connectivity index (χ0) is 15.5. The molecule has 0 atom stereocenters. The summed E-state index contributed by atoms with van der Waals surface area (Å²) in [5, 5.41) is 6.79. The zero-order valence-electron chi connectivity index (χ0n) is 11.9. The monoisotopic (exact) mass is 298 g/mol. The summed E-state index contributed by atoms with van der Waals surface area (Å²) >= 11 is 0. The van der Waals surface area contributed by atoms with Gasteiger partial charge in [-0.3, -0.25) is 0 Å². The summed E-state index contributed by atoms with van der Waals surface area (Å²) in [7, 11) is 1.81. The summed E-state index contributed by atoms with van der Waals surface area (Å²) in [6.45, 7) is 2.65. The van der Waals surface area contributed by atoms with Gasteiger partial charge in [-0.05, 0) is 31.2 Å². The topological polar surface area (TPSA) is 42.7 Å². The Kier molecular flexibility index (Phi) is 4.62. The summed E-state index contributed by atoms with van der Waals surface area (Å²) in [5.74, 6) is 0.404. The normalized spacial score (nSPS) is 11.9. The van der Waals surface area contributed by atoms with Crippen LogP contribution < -0.4 is 5.32 Å². The van der Waals surface area contributed by atoms with Gasteiger partial charge in [0.2, 0.25) is 0 Å². The molecule has 7 heteroatoms. The minimum atomic E-state index is -4.40. The average Bonchev–Trinajstić information content (AvgIpc) is 2.88. The molecule has 114 valence electrons. The molecule has 0 amide bonds. The van der Waals surface area contributed by atoms with Gasteiger partial charge in [0.05, 0.1) is 11.8 Å². The fourth-order valence-electron chi connectivity index (χ4n) is 2.04. The lowest BCUT2D eigenvalue weighted by Crippen LogP contribution is -2.09. The Hall–Kier alpha value is -1.89. The molecular weight excluding hydrogens is 281 g/mol. The second-order valence-electron chi connectivity index (χ2n) is 4.78. The lowest BCUT2D eigenvalue weighted by Gasteiger charge is -2.08. The van der Waals surface area contributed by atoms with Crippen LogP contribution in [-0.2, 0) is 19.1 Å². The van der Waals surface area contributed by atoms with Gasteiger partial charge in [0.1, 0.15) is 0 Å². The van der Waals surface area contributed by atoms with Crippen LogP contribution in [0.5, 0.6) is 0 Å². The fraction of sp³-hybridized carbons (Fsp3) is 0.429. The number of nitrogens with zero attached hydrogens (tertiary/aromatic N) is 3. The molecule has 0 bridgehead atoms. The number of alkyl halides is 3. The maximum atomic E-state index is 12.6. The summed E-state index contributed by atoms with van der Waals surface area (Å²) in [4.78, 5) is 4.38. The van der Waals surface area contributed by atoms with E-state index in [1.165, 1.54) is 4.68 Å². The molecule has 0 unspecified atom stereocenters. The fourth-order valence-corrected chi connectivity index (χ4v) is 2.04. The molecule has 0 aromatic carbocycles. The highest BCUT2D eigenvalue weighted by atomic mass is 19.4. The smallest absolute Gasteiger partial charge is 0.316 e. The van der Waals surface area contributed by atoms with Crippen LogP contribution in [0.1, 0.15) is 30.2 Å². The highest BCUT2D eigenvalue weighted by molar-refractivity contribution is 5.31. The number of nitrogens with one attached hydrogen (secondary N) is 1. The van der Waals surface area contributed by atoms with E-state index in [-0.39, 0.29) is 0 Å². The van der Waals surface area contributed by atoms with Gasteiger partial charge in [0.15, 0.2) is 5.82 Å². The molecule has 0 radical (unpaired) electrons. The van der Waals surface area contributed by atoms with Crippen LogP contribution in [0.25, 0.3) is 5.82 Å².